The molecule has 106 valence electrons. The van der Waals surface area contributed by atoms with Crippen LogP contribution in [0.4, 0.5) is 11.5 Å². The van der Waals surface area contributed by atoms with Crippen molar-refractivity contribution in [1.29, 1.82) is 0 Å². The Hall–Kier alpha value is -1.82. The molecule has 0 spiro atoms. The zero-order valence-corrected chi connectivity index (χ0v) is 13.0. The highest BCUT2D eigenvalue weighted by atomic mass is 79.9. The van der Waals surface area contributed by atoms with Crippen LogP contribution in [0.5, 0.6) is 0 Å². The molecule has 1 heterocycles. The number of aryl methyl sites for hydroxylation is 2. The fourth-order valence-electron chi connectivity index (χ4n) is 1.70. The van der Waals surface area contributed by atoms with Gasteiger partial charge in [-0.05, 0) is 37.6 Å². The maximum Gasteiger partial charge on any atom is 0.226 e. The van der Waals surface area contributed by atoms with E-state index in [-0.39, 0.29) is 5.91 Å². The third kappa shape index (κ3) is 4.09. The number of hydrogen-bond donors (Lipinski definition) is 2. The number of anilines is 2. The Kier molecular flexibility index (Phi) is 4.79. The molecule has 2 aromatic rings. The number of rotatable bonds is 5. The lowest BCUT2D eigenvalue weighted by molar-refractivity contribution is -0.115. The number of benzene rings is 1. The molecule has 0 saturated heterocycles. The van der Waals surface area contributed by atoms with Gasteiger partial charge in [-0.25, -0.2) is 0 Å². The quantitative estimate of drug-likeness (QED) is 0.876. The maximum absolute atomic E-state index is 11.8. The van der Waals surface area contributed by atoms with Crippen molar-refractivity contribution in [1.82, 2.24) is 5.16 Å². The molecule has 1 aromatic carbocycles. The van der Waals surface area contributed by atoms with Crippen molar-refractivity contribution in [3.63, 3.8) is 0 Å². The van der Waals surface area contributed by atoms with E-state index in [1.54, 1.807) is 6.07 Å². The topological polar surface area (TPSA) is 67.2 Å². The van der Waals surface area contributed by atoms with Crippen molar-refractivity contribution < 1.29 is 9.32 Å². The van der Waals surface area contributed by atoms with Crippen molar-refractivity contribution in [3.8, 4) is 0 Å². The second-order valence-corrected chi connectivity index (χ2v) is 5.37. The van der Waals surface area contributed by atoms with Crippen LogP contribution in [0.2, 0.25) is 0 Å². The van der Waals surface area contributed by atoms with Gasteiger partial charge >= 0.3 is 0 Å². The van der Waals surface area contributed by atoms with Crippen molar-refractivity contribution in [2.45, 2.75) is 20.3 Å². The summed E-state index contributed by atoms with van der Waals surface area (Å²) in [5.41, 5.74) is 1.88. The van der Waals surface area contributed by atoms with E-state index in [1.807, 2.05) is 32.0 Å². The lowest BCUT2D eigenvalue weighted by atomic mass is 10.2. The number of carbonyl (C=O) groups excluding carboxylic acids is 1. The van der Waals surface area contributed by atoms with Gasteiger partial charge in [0.1, 0.15) is 5.76 Å². The van der Waals surface area contributed by atoms with Gasteiger partial charge in [0.2, 0.25) is 5.91 Å². The van der Waals surface area contributed by atoms with E-state index in [1.165, 1.54) is 0 Å². The molecule has 0 aliphatic rings. The van der Waals surface area contributed by atoms with Crippen LogP contribution >= 0.6 is 15.9 Å². The first kappa shape index (κ1) is 14.6. The lowest BCUT2D eigenvalue weighted by Gasteiger charge is -2.07. The number of nitrogens with one attached hydrogen (secondary N) is 2. The Labute approximate surface area is 125 Å². The molecule has 0 atom stereocenters. The molecule has 0 fully saturated rings. The molecule has 1 amide bonds. The predicted molar refractivity (Wildman–Crippen MR) is 81.9 cm³/mol. The van der Waals surface area contributed by atoms with Crippen LogP contribution < -0.4 is 10.6 Å². The van der Waals surface area contributed by atoms with Gasteiger partial charge in [-0.2, -0.15) is 0 Å². The number of nitrogens with zero attached hydrogens (tertiary/aromatic N) is 1. The molecule has 6 heteroatoms. The van der Waals surface area contributed by atoms with Gasteiger partial charge in [-0.1, -0.05) is 21.1 Å². The van der Waals surface area contributed by atoms with Gasteiger partial charge in [0, 0.05) is 29.2 Å². The molecule has 0 unspecified atom stereocenters. The van der Waals surface area contributed by atoms with Crippen LogP contribution in [0.25, 0.3) is 0 Å². The van der Waals surface area contributed by atoms with Crippen LogP contribution in [-0.2, 0) is 4.79 Å². The van der Waals surface area contributed by atoms with Gasteiger partial charge in [0.15, 0.2) is 5.82 Å². The molecule has 0 radical (unpaired) electrons. The smallest absolute Gasteiger partial charge is 0.226 e. The van der Waals surface area contributed by atoms with Crippen LogP contribution in [0, 0.1) is 13.8 Å². The molecule has 20 heavy (non-hydrogen) atoms. The summed E-state index contributed by atoms with van der Waals surface area (Å²) in [7, 11) is 0. The number of amides is 1. The summed E-state index contributed by atoms with van der Waals surface area (Å²) in [6.07, 6.45) is 0.362. The minimum atomic E-state index is -0.0422. The average Bonchev–Trinajstić information content (AvgIpc) is 2.80. The fourth-order valence-corrected chi connectivity index (χ4v) is 1.95. The summed E-state index contributed by atoms with van der Waals surface area (Å²) in [4.78, 5) is 11.8. The van der Waals surface area contributed by atoms with E-state index in [4.69, 9.17) is 4.52 Å². The minimum Gasteiger partial charge on any atom is -0.367 e. The monoisotopic (exact) mass is 337 g/mol. The maximum atomic E-state index is 11.8. The third-order valence-corrected chi connectivity index (χ3v) is 3.62. The molecule has 0 aliphatic carbocycles. The first-order valence-corrected chi connectivity index (χ1v) is 7.07. The van der Waals surface area contributed by atoms with Gasteiger partial charge in [0.25, 0.3) is 0 Å². The first-order chi connectivity index (χ1) is 9.54. The van der Waals surface area contributed by atoms with E-state index < -0.39 is 0 Å². The highest BCUT2D eigenvalue weighted by Gasteiger charge is 2.05. The van der Waals surface area contributed by atoms with Crippen molar-refractivity contribution in [3.05, 3.63) is 40.1 Å². The predicted octanol–water partition coefficient (Wildman–Crippen LogP) is 3.49. The molecule has 1 aromatic heterocycles. The second-order valence-electron chi connectivity index (χ2n) is 4.51. The van der Waals surface area contributed by atoms with Crippen LogP contribution in [0.3, 0.4) is 0 Å². The minimum absolute atomic E-state index is 0.0422. The first-order valence-electron chi connectivity index (χ1n) is 6.28. The van der Waals surface area contributed by atoms with Gasteiger partial charge in [-0.15, -0.1) is 0 Å². The van der Waals surface area contributed by atoms with Crippen LogP contribution in [0.1, 0.15) is 17.7 Å². The molecule has 0 saturated carbocycles. The van der Waals surface area contributed by atoms with E-state index in [2.05, 4.69) is 31.7 Å². The lowest BCUT2D eigenvalue weighted by Crippen LogP contribution is -2.16. The van der Waals surface area contributed by atoms with Crippen LogP contribution in [-0.4, -0.2) is 17.6 Å². The molecule has 2 rings (SSSR count). The van der Waals surface area contributed by atoms with Gasteiger partial charge in [-0.3, -0.25) is 4.79 Å². The molecule has 2 N–H and O–H groups in total. The van der Waals surface area contributed by atoms with Crippen molar-refractivity contribution >= 4 is 33.3 Å². The normalized spacial score (nSPS) is 10.3. The summed E-state index contributed by atoms with van der Waals surface area (Å²) in [5, 5.41) is 9.68. The summed E-state index contributed by atoms with van der Waals surface area (Å²) in [6.45, 7) is 4.31. The summed E-state index contributed by atoms with van der Waals surface area (Å²) < 4.78 is 5.95. The van der Waals surface area contributed by atoms with E-state index in [9.17, 15) is 4.79 Å². The highest BCUT2D eigenvalue weighted by molar-refractivity contribution is 9.10. The van der Waals surface area contributed by atoms with E-state index >= 15 is 0 Å². The van der Waals surface area contributed by atoms with Gasteiger partial charge in [0.05, 0.1) is 0 Å². The number of carbonyl (C=O) groups is 1. The Morgan fingerprint density at radius 2 is 2.15 bits per heavy atom. The average molecular weight is 338 g/mol. The molecule has 0 bridgehead atoms. The molecular weight excluding hydrogens is 322 g/mol. The number of aromatic nitrogens is 1. The molecule has 5 nitrogen and oxygen atoms in total. The SMILES string of the molecule is Cc1cc(NCCC(=O)Nc2ccc(Br)c(C)c2)no1. The number of halogens is 1. The summed E-state index contributed by atoms with van der Waals surface area (Å²) in [5.74, 6) is 1.34. The van der Waals surface area contributed by atoms with E-state index in [0.717, 1.165) is 21.5 Å². The Morgan fingerprint density at radius 1 is 1.35 bits per heavy atom. The van der Waals surface area contributed by atoms with Gasteiger partial charge < -0.3 is 15.2 Å². The van der Waals surface area contributed by atoms with E-state index in [0.29, 0.717) is 18.8 Å². The van der Waals surface area contributed by atoms with Crippen molar-refractivity contribution in [2.24, 2.45) is 0 Å². The van der Waals surface area contributed by atoms with Crippen molar-refractivity contribution in [2.75, 3.05) is 17.2 Å². The second kappa shape index (κ2) is 6.56. The number of hydrogen-bond acceptors (Lipinski definition) is 4. The zero-order chi connectivity index (χ0) is 14.5. The standard InChI is InChI=1S/C14H16BrN3O2/c1-9-7-11(3-4-12(9)15)17-14(19)5-6-16-13-8-10(2)20-18-13/h3-4,7-8H,5-6H2,1-2H3,(H,16,18)(H,17,19). The third-order valence-electron chi connectivity index (χ3n) is 2.73. The Balaban J connectivity index is 1.79. The fraction of sp³-hybridized carbons (Fsp3) is 0.286. The highest BCUT2D eigenvalue weighted by Crippen LogP contribution is 2.20. The Bertz CT molecular complexity index is 610. The zero-order valence-electron chi connectivity index (χ0n) is 11.4. The molecule has 0 aliphatic heterocycles. The largest absolute Gasteiger partial charge is 0.367 e. The molecular formula is C14H16BrN3O2. The summed E-state index contributed by atoms with van der Waals surface area (Å²) >= 11 is 3.43. The Morgan fingerprint density at radius 3 is 2.80 bits per heavy atom. The van der Waals surface area contributed by atoms with Crippen LogP contribution in [0.15, 0.2) is 33.3 Å². The summed E-state index contributed by atoms with van der Waals surface area (Å²) in [6, 6.07) is 7.50.